The molecule has 0 fully saturated rings. The Morgan fingerprint density at radius 3 is 2.60 bits per heavy atom. The average molecular weight is 321 g/mol. The summed E-state index contributed by atoms with van der Waals surface area (Å²) in [6, 6.07) is 4.65. The molecule has 6 nitrogen and oxygen atoms in total. The number of carbonyl (C=O) groups excluding carboxylic acids is 1. The lowest BCUT2D eigenvalue weighted by molar-refractivity contribution is -0.132. The van der Waals surface area contributed by atoms with Crippen LogP contribution in [0.3, 0.4) is 0 Å². The summed E-state index contributed by atoms with van der Waals surface area (Å²) in [4.78, 5) is 11.5. The van der Waals surface area contributed by atoms with Gasteiger partial charge in [0.15, 0.2) is 0 Å². The predicted molar refractivity (Wildman–Crippen MR) is 74.9 cm³/mol. The van der Waals surface area contributed by atoms with Crippen molar-refractivity contribution in [2.24, 2.45) is 5.92 Å². The van der Waals surface area contributed by atoms with Crippen LogP contribution in [0.1, 0.15) is 20.3 Å². The maximum atomic E-state index is 12.2. The van der Waals surface area contributed by atoms with Crippen LogP contribution >= 0.6 is 11.6 Å². The third kappa shape index (κ3) is 4.17. The SMILES string of the molecule is CCC(C)C(NS(=O)(=O)c1cccc(Cl)c1)C(=O)NO. The van der Waals surface area contributed by atoms with Crippen molar-refractivity contribution in [2.45, 2.75) is 31.2 Å². The molecule has 0 aliphatic rings. The average Bonchev–Trinajstić information content (AvgIpc) is 2.43. The molecule has 0 aliphatic heterocycles. The Balaban J connectivity index is 3.06. The van der Waals surface area contributed by atoms with Crippen molar-refractivity contribution in [1.29, 1.82) is 0 Å². The molecule has 0 spiro atoms. The maximum absolute atomic E-state index is 12.2. The van der Waals surface area contributed by atoms with E-state index in [0.717, 1.165) is 0 Å². The number of halogens is 1. The molecule has 20 heavy (non-hydrogen) atoms. The van der Waals surface area contributed by atoms with Crippen molar-refractivity contribution >= 4 is 27.5 Å². The van der Waals surface area contributed by atoms with E-state index in [-0.39, 0.29) is 15.8 Å². The summed E-state index contributed by atoms with van der Waals surface area (Å²) in [7, 11) is -3.90. The molecule has 0 saturated heterocycles. The number of hydrogen-bond donors (Lipinski definition) is 3. The number of hydroxylamine groups is 1. The van der Waals surface area contributed by atoms with Gasteiger partial charge in [0, 0.05) is 5.02 Å². The Morgan fingerprint density at radius 2 is 2.10 bits per heavy atom. The molecule has 0 aromatic heterocycles. The summed E-state index contributed by atoms with van der Waals surface area (Å²) in [6.07, 6.45) is 0.566. The molecule has 2 atom stereocenters. The van der Waals surface area contributed by atoms with Crippen molar-refractivity contribution in [3.8, 4) is 0 Å². The van der Waals surface area contributed by atoms with E-state index in [2.05, 4.69) is 4.72 Å². The largest absolute Gasteiger partial charge is 0.289 e. The van der Waals surface area contributed by atoms with E-state index in [1.807, 2.05) is 6.92 Å². The van der Waals surface area contributed by atoms with Crippen LogP contribution in [0.5, 0.6) is 0 Å². The molecule has 1 aromatic carbocycles. The monoisotopic (exact) mass is 320 g/mol. The number of benzene rings is 1. The molecule has 0 radical (unpaired) electrons. The Kier molecular flexibility index (Phi) is 5.94. The van der Waals surface area contributed by atoms with Crippen LogP contribution in [0.2, 0.25) is 5.02 Å². The molecular formula is C12H17ClN2O4S. The smallest absolute Gasteiger partial charge is 0.261 e. The minimum Gasteiger partial charge on any atom is -0.289 e. The molecule has 1 amide bonds. The molecule has 0 aliphatic carbocycles. The van der Waals surface area contributed by atoms with Gasteiger partial charge in [-0.25, -0.2) is 13.9 Å². The topological polar surface area (TPSA) is 95.5 Å². The first-order chi connectivity index (χ1) is 9.31. The van der Waals surface area contributed by atoms with Crippen molar-refractivity contribution in [2.75, 3.05) is 0 Å². The molecule has 0 saturated carbocycles. The lowest BCUT2D eigenvalue weighted by Crippen LogP contribution is -2.49. The second-order valence-corrected chi connectivity index (χ2v) is 6.57. The molecule has 0 heterocycles. The van der Waals surface area contributed by atoms with E-state index in [1.165, 1.54) is 23.7 Å². The Bertz CT molecular complexity index is 577. The zero-order valence-corrected chi connectivity index (χ0v) is 12.7. The van der Waals surface area contributed by atoms with Crippen molar-refractivity contribution in [3.63, 3.8) is 0 Å². The van der Waals surface area contributed by atoms with Gasteiger partial charge in [-0.2, -0.15) is 4.72 Å². The second-order valence-electron chi connectivity index (χ2n) is 4.42. The summed E-state index contributed by atoms with van der Waals surface area (Å²) in [5, 5.41) is 8.98. The van der Waals surface area contributed by atoms with E-state index in [4.69, 9.17) is 16.8 Å². The number of nitrogens with one attached hydrogen (secondary N) is 2. The summed E-state index contributed by atoms with van der Waals surface area (Å²) in [6.45, 7) is 3.52. The molecule has 8 heteroatoms. The van der Waals surface area contributed by atoms with Crippen LogP contribution in [0.4, 0.5) is 0 Å². The number of carbonyl (C=O) groups is 1. The third-order valence-corrected chi connectivity index (χ3v) is 4.67. The van der Waals surface area contributed by atoms with Gasteiger partial charge in [0.1, 0.15) is 6.04 Å². The fourth-order valence-electron chi connectivity index (χ4n) is 1.60. The molecule has 3 N–H and O–H groups in total. The highest BCUT2D eigenvalue weighted by Crippen LogP contribution is 2.17. The van der Waals surface area contributed by atoms with Crippen molar-refractivity contribution < 1.29 is 18.4 Å². The van der Waals surface area contributed by atoms with Crippen molar-refractivity contribution in [3.05, 3.63) is 29.3 Å². The van der Waals surface area contributed by atoms with E-state index in [1.54, 1.807) is 13.0 Å². The fourth-order valence-corrected chi connectivity index (χ4v) is 3.21. The lowest BCUT2D eigenvalue weighted by atomic mass is 10.00. The first-order valence-electron chi connectivity index (χ1n) is 6.03. The molecule has 2 unspecified atom stereocenters. The standard InChI is InChI=1S/C12H17ClN2O4S/c1-3-8(2)11(12(16)14-17)15-20(18,19)10-6-4-5-9(13)7-10/h4-8,11,15,17H,3H2,1-2H3,(H,14,16). The number of rotatable bonds is 6. The number of hydrogen-bond acceptors (Lipinski definition) is 4. The van der Waals surface area contributed by atoms with Crippen LogP contribution in [-0.4, -0.2) is 25.6 Å². The van der Waals surface area contributed by atoms with Crippen LogP contribution in [-0.2, 0) is 14.8 Å². The fraction of sp³-hybridized carbons (Fsp3) is 0.417. The van der Waals surface area contributed by atoms with E-state index in [9.17, 15) is 13.2 Å². The minimum atomic E-state index is -3.90. The number of sulfonamides is 1. The predicted octanol–water partition coefficient (Wildman–Crippen LogP) is 1.54. The van der Waals surface area contributed by atoms with Gasteiger partial charge in [-0.05, 0) is 24.1 Å². The summed E-state index contributed by atoms with van der Waals surface area (Å²) >= 11 is 5.76. The van der Waals surface area contributed by atoms with Gasteiger partial charge in [-0.1, -0.05) is 37.9 Å². The maximum Gasteiger partial charge on any atom is 0.261 e. The van der Waals surface area contributed by atoms with Crippen LogP contribution in [0.15, 0.2) is 29.2 Å². The first-order valence-corrected chi connectivity index (χ1v) is 7.89. The summed E-state index contributed by atoms with van der Waals surface area (Å²) in [5.41, 5.74) is 1.47. The van der Waals surface area contributed by atoms with Gasteiger partial charge in [-0.15, -0.1) is 0 Å². The first kappa shape index (κ1) is 16.9. The molecular weight excluding hydrogens is 304 g/mol. The van der Waals surface area contributed by atoms with Gasteiger partial charge in [0.25, 0.3) is 5.91 Å². The zero-order valence-electron chi connectivity index (χ0n) is 11.1. The number of amides is 1. The van der Waals surface area contributed by atoms with Gasteiger partial charge in [0.05, 0.1) is 4.90 Å². The highest BCUT2D eigenvalue weighted by Gasteiger charge is 2.29. The van der Waals surface area contributed by atoms with E-state index >= 15 is 0 Å². The van der Waals surface area contributed by atoms with E-state index in [0.29, 0.717) is 6.42 Å². The van der Waals surface area contributed by atoms with Gasteiger partial charge >= 0.3 is 0 Å². The minimum absolute atomic E-state index is 0.0379. The highest BCUT2D eigenvalue weighted by molar-refractivity contribution is 7.89. The Labute approximate surface area is 123 Å². The zero-order chi connectivity index (χ0) is 15.3. The van der Waals surface area contributed by atoms with Crippen molar-refractivity contribution in [1.82, 2.24) is 10.2 Å². The van der Waals surface area contributed by atoms with Crippen LogP contribution < -0.4 is 10.2 Å². The van der Waals surface area contributed by atoms with E-state index < -0.39 is 22.0 Å². The second kappa shape index (κ2) is 7.03. The Morgan fingerprint density at radius 1 is 1.45 bits per heavy atom. The van der Waals surface area contributed by atoms with Crippen LogP contribution in [0, 0.1) is 5.92 Å². The quantitative estimate of drug-likeness (QED) is 0.547. The highest BCUT2D eigenvalue weighted by atomic mass is 35.5. The molecule has 112 valence electrons. The third-order valence-electron chi connectivity index (χ3n) is 2.99. The Hall–Kier alpha value is -1.15. The lowest BCUT2D eigenvalue weighted by Gasteiger charge is -2.22. The summed E-state index contributed by atoms with van der Waals surface area (Å²) < 4.78 is 26.7. The molecule has 0 bridgehead atoms. The van der Waals surface area contributed by atoms with Gasteiger partial charge in [-0.3, -0.25) is 10.0 Å². The summed E-state index contributed by atoms with van der Waals surface area (Å²) in [5.74, 6) is -1.08. The van der Waals surface area contributed by atoms with Crippen LogP contribution in [0.25, 0.3) is 0 Å². The molecule has 1 aromatic rings. The molecule has 1 rings (SSSR count). The normalized spacial score (nSPS) is 14.6. The van der Waals surface area contributed by atoms with Gasteiger partial charge in [0.2, 0.25) is 10.0 Å². The van der Waals surface area contributed by atoms with Gasteiger partial charge < -0.3 is 0 Å².